The first-order chi connectivity index (χ1) is 9.47. The van der Waals surface area contributed by atoms with Crippen LogP contribution in [0.1, 0.15) is 29.8 Å². The predicted octanol–water partition coefficient (Wildman–Crippen LogP) is 2.52. The van der Waals surface area contributed by atoms with Gasteiger partial charge in [0.1, 0.15) is 5.56 Å². The summed E-state index contributed by atoms with van der Waals surface area (Å²) in [5, 5.41) is 23.2. The average Bonchev–Trinajstić information content (AvgIpc) is 2.41. The van der Waals surface area contributed by atoms with Crippen LogP contribution in [0.4, 0.5) is 5.69 Å². The summed E-state index contributed by atoms with van der Waals surface area (Å²) in [7, 11) is 0. The molecule has 110 valence electrons. The Morgan fingerprint density at radius 3 is 2.80 bits per heavy atom. The second-order valence-electron chi connectivity index (χ2n) is 4.31. The van der Waals surface area contributed by atoms with E-state index >= 15 is 0 Å². The highest BCUT2D eigenvalue weighted by Crippen LogP contribution is 2.22. The molecule has 2 N–H and O–H groups in total. The van der Waals surface area contributed by atoms with Gasteiger partial charge in [0.15, 0.2) is 0 Å². The zero-order valence-corrected chi connectivity index (χ0v) is 12.3. The van der Waals surface area contributed by atoms with Gasteiger partial charge in [0.05, 0.1) is 4.92 Å². The van der Waals surface area contributed by atoms with E-state index in [2.05, 4.69) is 12.2 Å². The molecule has 0 saturated heterocycles. The summed E-state index contributed by atoms with van der Waals surface area (Å²) >= 11 is 1.78. The number of thioether (sulfide) groups is 1. The molecule has 0 aliphatic rings. The van der Waals surface area contributed by atoms with E-state index in [9.17, 15) is 14.9 Å². The molecule has 1 unspecified atom stereocenters. The summed E-state index contributed by atoms with van der Waals surface area (Å²) in [4.78, 5) is 21.4. The standard InChI is InChI=1S/C13H18N2O4S/c1-3-20-8-9(2)14-7-10-5-4-6-11(15(18)19)12(10)13(16)17/h4-6,9,14H,3,7-8H2,1-2H3,(H,16,17). The summed E-state index contributed by atoms with van der Waals surface area (Å²) in [6.45, 7) is 4.37. The Morgan fingerprint density at radius 1 is 1.55 bits per heavy atom. The van der Waals surface area contributed by atoms with Crippen LogP contribution in [-0.4, -0.2) is 33.5 Å². The quantitative estimate of drug-likeness (QED) is 0.566. The number of carboxylic acids is 1. The van der Waals surface area contributed by atoms with Crippen molar-refractivity contribution < 1.29 is 14.8 Å². The lowest BCUT2D eigenvalue weighted by Crippen LogP contribution is -2.28. The van der Waals surface area contributed by atoms with Crippen LogP contribution < -0.4 is 5.32 Å². The molecular formula is C13H18N2O4S. The van der Waals surface area contributed by atoms with E-state index in [4.69, 9.17) is 5.11 Å². The first-order valence-corrected chi connectivity index (χ1v) is 7.43. The molecule has 20 heavy (non-hydrogen) atoms. The van der Waals surface area contributed by atoms with Gasteiger partial charge in [-0.05, 0) is 18.2 Å². The van der Waals surface area contributed by atoms with Crippen molar-refractivity contribution in [2.75, 3.05) is 11.5 Å². The van der Waals surface area contributed by atoms with E-state index in [0.717, 1.165) is 11.5 Å². The number of benzene rings is 1. The van der Waals surface area contributed by atoms with Crippen LogP contribution >= 0.6 is 11.8 Å². The van der Waals surface area contributed by atoms with Crippen molar-refractivity contribution in [2.45, 2.75) is 26.4 Å². The maximum atomic E-state index is 11.2. The van der Waals surface area contributed by atoms with Crippen LogP contribution in [0, 0.1) is 10.1 Å². The molecule has 0 spiro atoms. The van der Waals surface area contributed by atoms with E-state index < -0.39 is 10.9 Å². The Balaban J connectivity index is 2.87. The fourth-order valence-corrected chi connectivity index (χ4v) is 2.48. The second-order valence-corrected chi connectivity index (χ2v) is 5.63. The minimum Gasteiger partial charge on any atom is -0.477 e. The first-order valence-electron chi connectivity index (χ1n) is 6.28. The second kappa shape index (κ2) is 7.86. The van der Waals surface area contributed by atoms with Crippen molar-refractivity contribution in [2.24, 2.45) is 0 Å². The van der Waals surface area contributed by atoms with E-state index in [1.54, 1.807) is 17.8 Å². The lowest BCUT2D eigenvalue weighted by Gasteiger charge is -2.14. The number of hydrogen-bond acceptors (Lipinski definition) is 5. The van der Waals surface area contributed by atoms with Gasteiger partial charge in [-0.1, -0.05) is 19.1 Å². The average molecular weight is 298 g/mol. The monoisotopic (exact) mass is 298 g/mol. The minimum absolute atomic E-state index is 0.209. The van der Waals surface area contributed by atoms with Crippen LogP contribution in [0.3, 0.4) is 0 Å². The molecule has 0 heterocycles. The molecular weight excluding hydrogens is 280 g/mol. The Hall–Kier alpha value is -1.60. The van der Waals surface area contributed by atoms with Crippen LogP contribution in [0.15, 0.2) is 18.2 Å². The molecule has 0 aliphatic heterocycles. The Kier molecular flexibility index (Phi) is 6.47. The van der Waals surface area contributed by atoms with Crippen molar-refractivity contribution in [3.05, 3.63) is 39.4 Å². The highest BCUT2D eigenvalue weighted by atomic mass is 32.2. The molecule has 0 amide bonds. The Labute approximate surface area is 121 Å². The minimum atomic E-state index is -1.27. The number of nitrogens with one attached hydrogen (secondary N) is 1. The highest BCUT2D eigenvalue weighted by Gasteiger charge is 2.23. The number of hydrogen-bond donors (Lipinski definition) is 2. The molecule has 0 bridgehead atoms. The summed E-state index contributed by atoms with van der Waals surface area (Å²) in [6, 6.07) is 4.53. The molecule has 0 radical (unpaired) electrons. The van der Waals surface area contributed by atoms with Crippen LogP contribution in [-0.2, 0) is 6.54 Å². The van der Waals surface area contributed by atoms with Crippen LogP contribution in [0.2, 0.25) is 0 Å². The summed E-state index contributed by atoms with van der Waals surface area (Å²) in [5.74, 6) is 0.654. The van der Waals surface area contributed by atoms with Gasteiger partial charge in [-0.25, -0.2) is 4.79 Å². The largest absolute Gasteiger partial charge is 0.477 e. The number of nitrogens with zero attached hydrogens (tertiary/aromatic N) is 1. The van der Waals surface area contributed by atoms with Crippen molar-refractivity contribution in [1.82, 2.24) is 5.32 Å². The van der Waals surface area contributed by atoms with Crippen molar-refractivity contribution in [1.29, 1.82) is 0 Å². The fraction of sp³-hybridized carbons (Fsp3) is 0.462. The number of carboxylic acid groups (broad SMARTS) is 1. The van der Waals surface area contributed by atoms with Crippen molar-refractivity contribution in [3.8, 4) is 0 Å². The number of nitro groups is 1. The number of aromatic carboxylic acids is 1. The van der Waals surface area contributed by atoms with Crippen molar-refractivity contribution in [3.63, 3.8) is 0 Å². The highest BCUT2D eigenvalue weighted by molar-refractivity contribution is 7.99. The van der Waals surface area contributed by atoms with Gasteiger partial charge in [-0.3, -0.25) is 10.1 Å². The first kappa shape index (κ1) is 16.5. The molecule has 0 saturated carbocycles. The van der Waals surface area contributed by atoms with Gasteiger partial charge < -0.3 is 10.4 Å². The van der Waals surface area contributed by atoms with Gasteiger partial charge in [0.25, 0.3) is 5.69 Å². The lowest BCUT2D eigenvalue weighted by atomic mass is 10.1. The number of nitro benzene ring substituents is 1. The molecule has 0 fully saturated rings. The molecule has 0 aromatic heterocycles. The van der Waals surface area contributed by atoms with Crippen LogP contribution in [0.5, 0.6) is 0 Å². The SMILES string of the molecule is CCSCC(C)NCc1cccc([N+](=O)[O-])c1C(=O)O. The third kappa shape index (κ3) is 4.50. The van der Waals surface area contributed by atoms with E-state index in [-0.39, 0.29) is 17.3 Å². The maximum Gasteiger partial charge on any atom is 0.343 e. The maximum absolute atomic E-state index is 11.2. The predicted molar refractivity (Wildman–Crippen MR) is 79.4 cm³/mol. The lowest BCUT2D eigenvalue weighted by molar-refractivity contribution is -0.385. The zero-order valence-electron chi connectivity index (χ0n) is 11.5. The molecule has 1 rings (SSSR count). The van der Waals surface area contributed by atoms with Gasteiger partial charge in [0.2, 0.25) is 0 Å². The van der Waals surface area contributed by atoms with E-state index in [1.807, 2.05) is 6.92 Å². The Morgan fingerprint density at radius 2 is 2.25 bits per heavy atom. The molecule has 7 heteroatoms. The molecule has 1 aromatic rings. The molecule has 0 aliphatic carbocycles. The van der Waals surface area contributed by atoms with Crippen molar-refractivity contribution >= 4 is 23.4 Å². The van der Waals surface area contributed by atoms with Gasteiger partial charge in [-0.2, -0.15) is 11.8 Å². The third-order valence-corrected chi connectivity index (χ3v) is 3.90. The smallest absolute Gasteiger partial charge is 0.343 e. The van der Waals surface area contributed by atoms with E-state index in [0.29, 0.717) is 12.1 Å². The summed E-state index contributed by atoms with van der Waals surface area (Å²) < 4.78 is 0. The number of rotatable bonds is 8. The summed E-state index contributed by atoms with van der Waals surface area (Å²) in [6.07, 6.45) is 0. The normalized spacial score (nSPS) is 12.1. The third-order valence-electron chi connectivity index (χ3n) is 2.75. The molecule has 6 nitrogen and oxygen atoms in total. The molecule has 1 aromatic carbocycles. The topological polar surface area (TPSA) is 92.5 Å². The molecule has 1 atom stereocenters. The van der Waals surface area contributed by atoms with Gasteiger partial charge in [-0.15, -0.1) is 0 Å². The van der Waals surface area contributed by atoms with Crippen LogP contribution in [0.25, 0.3) is 0 Å². The van der Waals surface area contributed by atoms with E-state index in [1.165, 1.54) is 12.1 Å². The van der Waals surface area contributed by atoms with Gasteiger partial charge in [0, 0.05) is 24.4 Å². The Bertz CT molecular complexity index is 493. The summed E-state index contributed by atoms with van der Waals surface area (Å²) in [5.41, 5.74) is -0.173. The fourth-order valence-electron chi connectivity index (χ4n) is 1.77. The number of carbonyl (C=O) groups is 1. The zero-order chi connectivity index (χ0) is 15.1. The van der Waals surface area contributed by atoms with Gasteiger partial charge >= 0.3 is 5.97 Å².